The second-order valence-corrected chi connectivity index (χ2v) is 24.6. The molecule has 0 unspecified atom stereocenters. The Morgan fingerprint density at radius 1 is 0.500 bits per heavy atom. The average Bonchev–Trinajstić information content (AvgIpc) is 3.86. The van der Waals surface area contributed by atoms with Crippen LogP contribution in [0.5, 0.6) is 5.75 Å². The third-order valence-electron chi connectivity index (χ3n) is 13.6. The Labute approximate surface area is 496 Å². The number of hydrogen-bond donors (Lipinski definition) is 0. The number of sulfonamides is 1. The Morgan fingerprint density at radius 3 is 1.29 bits per heavy atom. The summed E-state index contributed by atoms with van der Waals surface area (Å²) >= 11 is 0. The highest BCUT2D eigenvalue weighted by Crippen LogP contribution is 2.30. The molecule has 82 heavy (non-hydrogen) atoms. The Hall–Kier alpha value is -5.90. The van der Waals surface area contributed by atoms with Crippen molar-refractivity contribution < 1.29 is 32.3 Å². The molecule has 0 radical (unpaired) electrons. The number of anilines is 1. The molecule has 5 rings (SSSR count). The van der Waals surface area contributed by atoms with E-state index in [9.17, 15) is 27.6 Å². The van der Waals surface area contributed by atoms with Crippen molar-refractivity contribution in [2.45, 2.75) is 199 Å². The van der Waals surface area contributed by atoms with Gasteiger partial charge < -0.3 is 24.3 Å². The minimum Gasteiger partial charge on any atom is -0.497 e. The Bertz CT molecular complexity index is 2670. The molecule has 16 heteroatoms. The van der Waals surface area contributed by atoms with Gasteiger partial charge in [-0.3, -0.25) is 23.5 Å². The van der Waals surface area contributed by atoms with E-state index in [1.54, 1.807) is 19.2 Å². The SMILES string of the molecule is CCCN(CCC)C(=O)c1cc(C(C)C)cc(N2CCCS2(=O)=O)c1.CCCN(CCC)C(=O)c1cc(C)cc(C(C)C)n1.CCCN(CCC)C(=O)c1cc(OC)cc(C(C)C)n1.CCCN(CCC)C(=O)c1cccc(C(C)C)n1. The summed E-state index contributed by atoms with van der Waals surface area (Å²) in [7, 11) is -1.64. The first-order valence-electron chi connectivity index (χ1n) is 30.8. The molecule has 0 N–H and O–H groups in total. The van der Waals surface area contributed by atoms with Crippen LogP contribution in [0.25, 0.3) is 0 Å². The van der Waals surface area contributed by atoms with Crippen LogP contribution in [0.4, 0.5) is 5.69 Å². The van der Waals surface area contributed by atoms with Crippen LogP contribution in [0.1, 0.15) is 262 Å². The van der Waals surface area contributed by atoms with Gasteiger partial charge in [0.2, 0.25) is 10.0 Å². The number of amides is 4. The van der Waals surface area contributed by atoms with Crippen LogP contribution in [0.2, 0.25) is 0 Å². The first kappa shape index (κ1) is 72.2. The lowest BCUT2D eigenvalue weighted by atomic mass is 9.99. The molecule has 1 aromatic carbocycles. The summed E-state index contributed by atoms with van der Waals surface area (Å²) in [6.45, 7) is 42.0. The van der Waals surface area contributed by atoms with Gasteiger partial charge in [0.25, 0.3) is 23.6 Å². The van der Waals surface area contributed by atoms with Crippen molar-refractivity contribution in [2.24, 2.45) is 0 Å². The number of aryl methyl sites for hydroxylation is 1. The van der Waals surface area contributed by atoms with Crippen LogP contribution in [0.15, 0.2) is 60.7 Å². The molecule has 1 saturated heterocycles. The lowest BCUT2D eigenvalue weighted by Gasteiger charge is -2.24. The van der Waals surface area contributed by atoms with E-state index in [2.05, 4.69) is 132 Å². The smallest absolute Gasteiger partial charge is 0.272 e. The van der Waals surface area contributed by atoms with Crippen molar-refractivity contribution in [1.82, 2.24) is 34.6 Å². The van der Waals surface area contributed by atoms with Crippen molar-refractivity contribution in [3.05, 3.63) is 112 Å². The van der Waals surface area contributed by atoms with Crippen LogP contribution in [-0.2, 0) is 10.0 Å². The number of aromatic nitrogens is 3. The summed E-state index contributed by atoms with van der Waals surface area (Å²) in [5, 5.41) is 0. The fourth-order valence-corrected chi connectivity index (χ4v) is 10.8. The molecular formula is C66H106N8O7S. The van der Waals surface area contributed by atoms with E-state index in [0.717, 1.165) is 132 Å². The summed E-state index contributed by atoms with van der Waals surface area (Å²) in [5.74, 6) is 2.17. The molecule has 0 bridgehead atoms. The van der Waals surface area contributed by atoms with E-state index in [4.69, 9.17) is 4.74 Å². The fraction of sp³-hybridized carbons (Fsp3) is 0.621. The normalized spacial score (nSPS) is 12.5. The van der Waals surface area contributed by atoms with Crippen molar-refractivity contribution in [3.8, 4) is 5.75 Å². The number of benzene rings is 1. The standard InChI is InChI=1S/C19H30N2O3S.C16H26N2O2.C16H26N2O.C15H24N2O/c1-5-8-20(9-6-2)19(22)17-12-16(15(3)4)13-18(14-17)21-10-7-11-25(21,23)24;1-6-8-18(9-7-2)16(19)15-11-13(20-5)10-14(17-15)12(3)4;1-6-8-18(9-7-2)16(19)15-11-13(5)10-14(17-15)12(3)4;1-5-10-17(11-6-2)15(18)14-9-7-8-13(16-14)12(3)4/h12-15H,5-11H2,1-4H3;10-12H,6-9H2,1-5H3;10-12H,6-9H2,1-5H3;7-9,12H,5-6,10-11H2,1-4H3. The highest BCUT2D eigenvalue weighted by Gasteiger charge is 2.30. The van der Waals surface area contributed by atoms with Gasteiger partial charge >= 0.3 is 0 Å². The van der Waals surface area contributed by atoms with Crippen molar-refractivity contribution in [1.29, 1.82) is 0 Å². The lowest BCUT2D eigenvalue weighted by molar-refractivity contribution is 0.0742. The zero-order valence-corrected chi connectivity index (χ0v) is 54.7. The summed E-state index contributed by atoms with van der Waals surface area (Å²) < 4.78 is 31.3. The second-order valence-electron chi connectivity index (χ2n) is 22.6. The quantitative estimate of drug-likeness (QED) is 0.0590. The summed E-state index contributed by atoms with van der Waals surface area (Å²) in [4.78, 5) is 71.5. The van der Waals surface area contributed by atoms with E-state index in [0.29, 0.717) is 58.9 Å². The van der Waals surface area contributed by atoms with Gasteiger partial charge in [0, 0.05) is 93.7 Å². The number of methoxy groups -OCH3 is 1. The molecule has 4 heterocycles. The lowest BCUT2D eigenvalue weighted by Crippen LogP contribution is -2.33. The predicted octanol–water partition coefficient (Wildman–Crippen LogP) is 14.3. The Morgan fingerprint density at radius 2 is 0.902 bits per heavy atom. The third-order valence-corrected chi connectivity index (χ3v) is 15.5. The topological polar surface area (TPSA) is 167 Å². The van der Waals surface area contributed by atoms with Crippen LogP contribution in [-0.4, -0.2) is 138 Å². The third kappa shape index (κ3) is 23.0. The fourth-order valence-electron chi connectivity index (χ4n) is 9.29. The van der Waals surface area contributed by atoms with Crippen LogP contribution in [0, 0.1) is 6.92 Å². The van der Waals surface area contributed by atoms with E-state index in [1.165, 1.54) is 4.31 Å². The van der Waals surface area contributed by atoms with E-state index >= 15 is 0 Å². The molecule has 0 aliphatic carbocycles. The number of ether oxygens (including phenoxy) is 1. The Balaban J connectivity index is 0.000000377. The van der Waals surface area contributed by atoms with E-state index in [-0.39, 0.29) is 41.2 Å². The first-order chi connectivity index (χ1) is 38.9. The number of carbonyl (C=O) groups is 4. The molecule has 0 saturated carbocycles. The van der Waals surface area contributed by atoms with Gasteiger partial charge in [-0.05, 0) is 142 Å². The second kappa shape index (κ2) is 37.3. The highest BCUT2D eigenvalue weighted by atomic mass is 32.2. The zero-order valence-electron chi connectivity index (χ0n) is 53.9. The molecule has 4 aromatic rings. The molecule has 1 aliphatic heterocycles. The molecule has 1 aliphatic rings. The maximum atomic E-state index is 13.0. The zero-order chi connectivity index (χ0) is 61.7. The molecule has 1 fully saturated rings. The maximum absolute atomic E-state index is 13.0. The van der Waals surface area contributed by atoms with Crippen LogP contribution >= 0.6 is 0 Å². The number of carbonyl (C=O) groups excluding carboxylic acids is 4. The van der Waals surface area contributed by atoms with Gasteiger partial charge in [-0.1, -0.05) is 117 Å². The van der Waals surface area contributed by atoms with Gasteiger partial charge in [-0.25, -0.2) is 23.4 Å². The van der Waals surface area contributed by atoms with Crippen molar-refractivity contribution in [2.75, 3.05) is 76.1 Å². The molecule has 15 nitrogen and oxygen atoms in total. The molecule has 458 valence electrons. The van der Waals surface area contributed by atoms with Crippen LogP contribution < -0.4 is 9.04 Å². The minimum absolute atomic E-state index is 0.00509. The van der Waals surface area contributed by atoms with E-state index in [1.807, 2.05) is 69.0 Å². The van der Waals surface area contributed by atoms with Gasteiger partial charge in [0.15, 0.2) is 0 Å². The van der Waals surface area contributed by atoms with Gasteiger partial charge in [0.05, 0.1) is 18.6 Å². The highest BCUT2D eigenvalue weighted by molar-refractivity contribution is 7.93. The summed E-state index contributed by atoms with van der Waals surface area (Å²) in [6, 6.07) is 18.9. The van der Waals surface area contributed by atoms with Gasteiger partial charge in [-0.15, -0.1) is 0 Å². The molecular weight excluding hydrogens is 1050 g/mol. The number of rotatable bonds is 26. The van der Waals surface area contributed by atoms with Crippen molar-refractivity contribution in [3.63, 3.8) is 0 Å². The molecule has 0 atom stereocenters. The largest absolute Gasteiger partial charge is 0.497 e. The number of hydrogen-bond acceptors (Lipinski definition) is 10. The molecule has 4 amide bonds. The van der Waals surface area contributed by atoms with Gasteiger partial charge in [0.1, 0.15) is 22.8 Å². The summed E-state index contributed by atoms with van der Waals surface area (Å²) in [6.07, 6.45) is 8.27. The molecule has 0 spiro atoms. The minimum atomic E-state index is -3.26. The number of nitrogens with zero attached hydrogens (tertiary/aromatic N) is 8. The Kier molecular flexibility index (Phi) is 32.9. The van der Waals surface area contributed by atoms with Gasteiger partial charge in [-0.2, -0.15) is 0 Å². The monoisotopic (exact) mass is 1150 g/mol. The van der Waals surface area contributed by atoms with Crippen LogP contribution in [0.3, 0.4) is 0 Å². The summed E-state index contributed by atoms with van der Waals surface area (Å²) in [5.41, 5.74) is 7.82. The molecule has 3 aromatic heterocycles. The first-order valence-corrected chi connectivity index (χ1v) is 32.4. The average molecular weight is 1160 g/mol. The van der Waals surface area contributed by atoms with Crippen molar-refractivity contribution >= 4 is 39.3 Å². The van der Waals surface area contributed by atoms with E-state index < -0.39 is 10.0 Å². The predicted molar refractivity (Wildman–Crippen MR) is 338 cm³/mol. The number of pyridine rings is 3. The maximum Gasteiger partial charge on any atom is 0.272 e.